The third-order valence-corrected chi connectivity index (χ3v) is 19.9. The van der Waals surface area contributed by atoms with Crippen molar-refractivity contribution in [2.45, 2.75) is 147 Å². The third kappa shape index (κ3) is 7.12. The topological polar surface area (TPSA) is 280 Å². The number of hydrogen-bond acceptors (Lipinski definition) is 14. The van der Waals surface area contributed by atoms with Crippen LogP contribution in [0.2, 0.25) is 0 Å². The Morgan fingerprint density at radius 3 is 1.24 bits per heavy atom. The molecule has 5 saturated heterocycles. The van der Waals surface area contributed by atoms with Crippen molar-refractivity contribution in [3.63, 3.8) is 0 Å². The zero-order valence-corrected chi connectivity index (χ0v) is 33.2. The largest absolute Gasteiger partial charge is 0.306 e. The average molecular weight is 841 g/mol. The first kappa shape index (κ1) is 39.2. The Labute approximate surface area is 321 Å². The van der Waals surface area contributed by atoms with Crippen molar-refractivity contribution < 1.29 is 43.5 Å². The standard InChI is InChI=1S/C32H56N8O10S4/c41-51(42)13-4-7-16-20(10-13)29-33-25-17-8-5-14(53(45,46)47)11-21(17)30(34-25)35-26-18-9-6-15(54(48,49)50)12-22(18)31(36-26)38-28-19-2-1-3-23(52(43)44)24(19)32(40-28)39-27(16)37-29/h13-40H,1-12H2,(H,41,42)(H,43,44)(H,45,46,47)(H,48,49,50). The Bertz CT molecular complexity index is 1720. The molecule has 12 N–H and O–H groups in total. The van der Waals surface area contributed by atoms with Crippen molar-refractivity contribution in [2.24, 2.45) is 47.3 Å². The zero-order valence-electron chi connectivity index (χ0n) is 29.9. The van der Waals surface area contributed by atoms with E-state index in [0.29, 0.717) is 44.9 Å². The van der Waals surface area contributed by atoms with Crippen molar-refractivity contribution in [1.29, 1.82) is 0 Å². The second-order valence-corrected chi connectivity index (χ2v) is 23.5. The molecule has 0 aromatic rings. The molecule has 0 aromatic carbocycles. The lowest BCUT2D eigenvalue weighted by molar-refractivity contribution is 0.168. The predicted molar refractivity (Wildman–Crippen MR) is 199 cm³/mol. The lowest BCUT2D eigenvalue weighted by Gasteiger charge is -2.38. The van der Waals surface area contributed by atoms with Crippen LogP contribution in [-0.4, -0.2) is 114 Å². The summed E-state index contributed by atoms with van der Waals surface area (Å²) < 4.78 is 116. The van der Waals surface area contributed by atoms with Crippen molar-refractivity contribution in [1.82, 2.24) is 42.5 Å². The molecule has 4 aliphatic carbocycles. The van der Waals surface area contributed by atoms with Crippen LogP contribution >= 0.6 is 0 Å². The van der Waals surface area contributed by atoms with Gasteiger partial charge in [-0.15, -0.1) is 0 Å². The van der Waals surface area contributed by atoms with Gasteiger partial charge in [-0.3, -0.25) is 51.6 Å². The van der Waals surface area contributed by atoms with E-state index < -0.39 is 58.1 Å². The Morgan fingerprint density at radius 1 is 0.426 bits per heavy atom. The molecule has 9 rings (SSSR count). The summed E-state index contributed by atoms with van der Waals surface area (Å²) in [5.74, 6) is -0.409. The average Bonchev–Trinajstić information content (AvgIpc) is 3.85. The summed E-state index contributed by atoms with van der Waals surface area (Å²) in [6.07, 6.45) is 4.05. The summed E-state index contributed by atoms with van der Waals surface area (Å²) in [4.78, 5) is 0. The Kier molecular flexibility index (Phi) is 10.7. The highest BCUT2D eigenvalue weighted by Gasteiger charge is 2.58. The molecule has 0 spiro atoms. The Morgan fingerprint density at radius 2 is 0.815 bits per heavy atom. The molecule has 0 radical (unpaired) electrons. The van der Waals surface area contributed by atoms with Gasteiger partial charge < -0.3 is 9.11 Å². The van der Waals surface area contributed by atoms with Crippen LogP contribution in [0, 0.1) is 47.3 Å². The summed E-state index contributed by atoms with van der Waals surface area (Å²) in [7, 11) is -8.54. The van der Waals surface area contributed by atoms with Gasteiger partial charge in [-0.2, -0.15) is 16.8 Å². The zero-order chi connectivity index (χ0) is 37.8. The van der Waals surface area contributed by atoms with E-state index in [9.17, 15) is 43.5 Å². The van der Waals surface area contributed by atoms with Crippen molar-refractivity contribution in [2.75, 3.05) is 0 Å². The summed E-state index contributed by atoms with van der Waals surface area (Å²) >= 11 is -4.02. The molecule has 9 fully saturated rings. The van der Waals surface area contributed by atoms with Crippen LogP contribution in [0.4, 0.5) is 0 Å². The normalized spacial score (nSPS) is 53.1. The predicted octanol–water partition coefficient (Wildman–Crippen LogP) is -1.26. The molecule has 5 heterocycles. The summed E-state index contributed by atoms with van der Waals surface area (Å²) in [6.45, 7) is 0. The van der Waals surface area contributed by atoms with Crippen molar-refractivity contribution in [3.05, 3.63) is 0 Å². The van der Waals surface area contributed by atoms with Gasteiger partial charge in [0.15, 0.2) is 22.2 Å². The van der Waals surface area contributed by atoms with Gasteiger partial charge in [0.25, 0.3) is 20.2 Å². The van der Waals surface area contributed by atoms with E-state index in [1.165, 1.54) is 0 Å². The van der Waals surface area contributed by atoms with Gasteiger partial charge in [-0.1, -0.05) is 6.42 Å². The van der Waals surface area contributed by atoms with Crippen molar-refractivity contribution >= 4 is 42.4 Å². The molecule has 308 valence electrons. The van der Waals surface area contributed by atoms with Crippen LogP contribution in [0.15, 0.2) is 0 Å². The highest BCUT2D eigenvalue weighted by Crippen LogP contribution is 2.47. The van der Waals surface area contributed by atoms with Crippen LogP contribution in [-0.2, 0) is 42.4 Å². The number of hydrogen-bond donors (Lipinski definition) is 12. The minimum atomic E-state index is -4.27. The van der Waals surface area contributed by atoms with Gasteiger partial charge in [0.1, 0.15) is 0 Å². The molecule has 22 atom stereocenters. The van der Waals surface area contributed by atoms with Crippen LogP contribution < -0.4 is 42.5 Å². The Hall–Kier alpha value is -0.280. The van der Waals surface area contributed by atoms with Gasteiger partial charge in [-0.25, -0.2) is 8.42 Å². The highest BCUT2D eigenvalue weighted by atomic mass is 32.2. The minimum Gasteiger partial charge on any atom is -0.306 e. The smallest absolute Gasteiger partial charge is 0.267 e. The minimum absolute atomic E-state index is 0.00189. The monoisotopic (exact) mass is 840 g/mol. The summed E-state index contributed by atoms with van der Waals surface area (Å²) in [5.41, 5.74) is 0. The van der Waals surface area contributed by atoms with E-state index in [2.05, 4.69) is 42.5 Å². The molecule has 0 amide bonds. The third-order valence-electron chi connectivity index (χ3n) is 15.3. The molecule has 0 aromatic heterocycles. The van der Waals surface area contributed by atoms with Crippen LogP contribution in [0.5, 0.6) is 0 Å². The SMILES string of the molecule is O=S(O)C1CCC2C3NC(NC4NC(NC5NC(NC6NC(N3)C3C6CCCC3S(=O)O)C3CC(S(=O)(=O)O)CCC53)C3CC(S(=O)(=O)O)CCC43)C2C1. The summed E-state index contributed by atoms with van der Waals surface area (Å²) in [6, 6.07) is 0. The van der Waals surface area contributed by atoms with E-state index in [1.54, 1.807) is 0 Å². The molecule has 54 heavy (non-hydrogen) atoms. The van der Waals surface area contributed by atoms with E-state index in [1.807, 2.05) is 0 Å². The maximum absolute atomic E-state index is 12.9. The molecule has 22 heteroatoms. The van der Waals surface area contributed by atoms with Gasteiger partial charge >= 0.3 is 0 Å². The van der Waals surface area contributed by atoms with E-state index >= 15 is 0 Å². The van der Waals surface area contributed by atoms with E-state index in [0.717, 1.165) is 19.3 Å². The first-order valence-electron chi connectivity index (χ1n) is 19.8. The van der Waals surface area contributed by atoms with E-state index in [-0.39, 0.29) is 115 Å². The van der Waals surface area contributed by atoms with Gasteiger partial charge in [-0.05, 0) is 112 Å². The number of fused-ring (bicyclic) bond motifs is 20. The second kappa shape index (κ2) is 14.8. The molecule has 18 nitrogen and oxygen atoms in total. The molecule has 5 aliphatic heterocycles. The maximum atomic E-state index is 12.9. The molecular formula is C32H56N8O10S4. The van der Waals surface area contributed by atoms with Gasteiger partial charge in [0.05, 0.1) is 70.3 Å². The van der Waals surface area contributed by atoms with E-state index in [4.69, 9.17) is 0 Å². The van der Waals surface area contributed by atoms with Crippen LogP contribution in [0.25, 0.3) is 0 Å². The fraction of sp³-hybridized carbons (Fsp3) is 1.00. The molecule has 9 aliphatic rings. The lowest BCUT2D eigenvalue weighted by atomic mass is 9.76. The molecule has 8 bridgehead atoms. The lowest BCUT2D eigenvalue weighted by Crippen LogP contribution is -2.62. The molecular weight excluding hydrogens is 785 g/mol. The van der Waals surface area contributed by atoms with Crippen molar-refractivity contribution in [3.8, 4) is 0 Å². The van der Waals surface area contributed by atoms with Gasteiger partial charge in [0.2, 0.25) is 0 Å². The van der Waals surface area contributed by atoms with Gasteiger partial charge in [0, 0.05) is 5.92 Å². The molecule has 4 saturated carbocycles. The van der Waals surface area contributed by atoms with Crippen LogP contribution in [0.3, 0.4) is 0 Å². The highest BCUT2D eigenvalue weighted by molar-refractivity contribution is 7.86. The first-order valence-corrected chi connectivity index (χ1v) is 25.2. The fourth-order valence-electron chi connectivity index (χ4n) is 12.9. The first-order chi connectivity index (χ1) is 25.6. The Balaban J connectivity index is 1.09. The molecule has 22 unspecified atom stereocenters. The summed E-state index contributed by atoms with van der Waals surface area (Å²) in [5, 5.41) is 27.8. The maximum Gasteiger partial charge on any atom is 0.267 e. The quantitative estimate of drug-likeness (QED) is 0.116. The van der Waals surface area contributed by atoms with Crippen LogP contribution in [0.1, 0.15) is 77.0 Å². The number of nitrogens with one attached hydrogen (secondary N) is 8. The second-order valence-electron chi connectivity index (χ2n) is 17.7. The number of rotatable bonds is 4. The fourth-order valence-corrected chi connectivity index (χ4v) is 16.4.